The minimum absolute atomic E-state index is 0.209. The summed E-state index contributed by atoms with van der Waals surface area (Å²) in [7, 11) is 1.88. The zero-order valence-corrected chi connectivity index (χ0v) is 13.7. The third kappa shape index (κ3) is 2.66. The molecule has 0 spiro atoms. The van der Waals surface area contributed by atoms with Gasteiger partial charge in [0.1, 0.15) is 5.60 Å². The molecule has 24 heavy (non-hydrogen) atoms. The standard InChI is InChI=1S/C16H21N5O3/c1-20-10-12(9-18-20)16(4-2-7-24-16)11-17-15(22)13-8-14-21(19-13)5-3-6-23-14/h8-10H,2-7,11H2,1H3,(H,17,22). The number of aromatic nitrogens is 4. The van der Waals surface area contributed by atoms with Crippen molar-refractivity contribution in [3.05, 3.63) is 29.7 Å². The largest absolute Gasteiger partial charge is 0.478 e. The van der Waals surface area contributed by atoms with Gasteiger partial charge in [-0.15, -0.1) is 0 Å². The van der Waals surface area contributed by atoms with E-state index < -0.39 is 5.60 Å². The number of carbonyl (C=O) groups excluding carboxylic acids is 1. The lowest BCUT2D eigenvalue weighted by molar-refractivity contribution is 0.00125. The molecule has 0 bridgehead atoms. The quantitative estimate of drug-likeness (QED) is 0.897. The van der Waals surface area contributed by atoms with E-state index >= 15 is 0 Å². The van der Waals surface area contributed by atoms with Crippen LogP contribution < -0.4 is 10.1 Å². The van der Waals surface area contributed by atoms with E-state index in [2.05, 4.69) is 15.5 Å². The zero-order chi connectivity index (χ0) is 16.6. The molecule has 0 radical (unpaired) electrons. The molecule has 8 heteroatoms. The maximum atomic E-state index is 12.5. The number of hydrogen-bond acceptors (Lipinski definition) is 5. The molecule has 1 N–H and O–H groups in total. The first-order valence-electron chi connectivity index (χ1n) is 8.28. The second-order valence-electron chi connectivity index (χ2n) is 6.32. The van der Waals surface area contributed by atoms with Crippen LogP contribution in [-0.4, -0.2) is 45.2 Å². The van der Waals surface area contributed by atoms with Crippen molar-refractivity contribution in [3.8, 4) is 5.88 Å². The Morgan fingerprint density at radius 2 is 2.33 bits per heavy atom. The van der Waals surface area contributed by atoms with Gasteiger partial charge in [0, 0.05) is 44.4 Å². The predicted octanol–water partition coefficient (Wildman–Crippen LogP) is 0.835. The van der Waals surface area contributed by atoms with E-state index in [1.54, 1.807) is 21.6 Å². The molecule has 0 aliphatic carbocycles. The summed E-state index contributed by atoms with van der Waals surface area (Å²) in [5.74, 6) is 0.449. The molecular formula is C16H21N5O3. The highest BCUT2D eigenvalue weighted by molar-refractivity contribution is 5.92. The third-order valence-electron chi connectivity index (χ3n) is 4.61. The van der Waals surface area contributed by atoms with Crippen molar-refractivity contribution in [2.75, 3.05) is 19.8 Å². The lowest BCUT2D eigenvalue weighted by Gasteiger charge is -2.27. The molecule has 2 aromatic rings. The molecule has 4 rings (SSSR count). The number of aryl methyl sites for hydroxylation is 2. The van der Waals surface area contributed by atoms with Gasteiger partial charge in [-0.3, -0.25) is 9.48 Å². The molecule has 2 aromatic heterocycles. The minimum Gasteiger partial charge on any atom is -0.478 e. The van der Waals surface area contributed by atoms with Crippen LogP contribution in [0.15, 0.2) is 18.5 Å². The van der Waals surface area contributed by atoms with Crippen LogP contribution in [0.25, 0.3) is 0 Å². The number of nitrogens with one attached hydrogen (secondary N) is 1. The van der Waals surface area contributed by atoms with E-state index in [1.165, 1.54) is 0 Å². The normalized spacial score (nSPS) is 22.9. The van der Waals surface area contributed by atoms with Crippen LogP contribution in [0.3, 0.4) is 0 Å². The fourth-order valence-corrected chi connectivity index (χ4v) is 3.31. The van der Waals surface area contributed by atoms with Gasteiger partial charge in [-0.1, -0.05) is 0 Å². The van der Waals surface area contributed by atoms with Crippen LogP contribution in [0.5, 0.6) is 5.88 Å². The SMILES string of the molecule is Cn1cc(C2(CNC(=O)c3cc4n(n3)CCCO4)CCCO2)cn1. The van der Waals surface area contributed by atoms with Crippen molar-refractivity contribution < 1.29 is 14.3 Å². The summed E-state index contributed by atoms with van der Waals surface area (Å²) in [6.45, 7) is 2.55. The van der Waals surface area contributed by atoms with E-state index in [-0.39, 0.29) is 5.91 Å². The van der Waals surface area contributed by atoms with Crippen LogP contribution in [0.2, 0.25) is 0 Å². The summed E-state index contributed by atoms with van der Waals surface area (Å²) in [4.78, 5) is 12.5. The van der Waals surface area contributed by atoms with Crippen LogP contribution in [-0.2, 0) is 23.9 Å². The van der Waals surface area contributed by atoms with Crippen LogP contribution in [0.4, 0.5) is 0 Å². The monoisotopic (exact) mass is 331 g/mol. The van der Waals surface area contributed by atoms with Gasteiger partial charge in [0.25, 0.3) is 5.91 Å². The second-order valence-corrected chi connectivity index (χ2v) is 6.32. The van der Waals surface area contributed by atoms with E-state index in [4.69, 9.17) is 9.47 Å². The predicted molar refractivity (Wildman–Crippen MR) is 84.7 cm³/mol. The average molecular weight is 331 g/mol. The van der Waals surface area contributed by atoms with Crippen molar-refractivity contribution in [3.63, 3.8) is 0 Å². The first-order chi connectivity index (χ1) is 11.7. The highest BCUT2D eigenvalue weighted by atomic mass is 16.5. The van der Waals surface area contributed by atoms with Crippen molar-refractivity contribution >= 4 is 5.91 Å². The number of carbonyl (C=O) groups is 1. The minimum atomic E-state index is -0.500. The molecule has 4 heterocycles. The molecule has 1 unspecified atom stereocenters. The van der Waals surface area contributed by atoms with Crippen LogP contribution in [0, 0.1) is 0 Å². The Morgan fingerprint density at radius 3 is 3.04 bits per heavy atom. The van der Waals surface area contributed by atoms with Gasteiger partial charge in [-0.25, -0.2) is 4.68 Å². The lowest BCUT2D eigenvalue weighted by atomic mass is 9.93. The highest BCUT2D eigenvalue weighted by Gasteiger charge is 2.38. The van der Waals surface area contributed by atoms with E-state index in [0.717, 1.165) is 31.4 Å². The van der Waals surface area contributed by atoms with Gasteiger partial charge in [-0.2, -0.15) is 10.2 Å². The molecule has 1 amide bonds. The smallest absolute Gasteiger partial charge is 0.272 e. The Hall–Kier alpha value is -2.35. The summed E-state index contributed by atoms with van der Waals surface area (Å²) >= 11 is 0. The number of rotatable bonds is 4. The Morgan fingerprint density at radius 1 is 1.42 bits per heavy atom. The van der Waals surface area contributed by atoms with Crippen molar-refractivity contribution in [1.29, 1.82) is 0 Å². The van der Waals surface area contributed by atoms with Crippen LogP contribution >= 0.6 is 0 Å². The van der Waals surface area contributed by atoms with Crippen LogP contribution in [0.1, 0.15) is 35.3 Å². The second kappa shape index (κ2) is 5.94. The first-order valence-corrected chi connectivity index (χ1v) is 8.28. The lowest BCUT2D eigenvalue weighted by Crippen LogP contribution is -2.40. The van der Waals surface area contributed by atoms with Gasteiger partial charge in [0.15, 0.2) is 5.69 Å². The zero-order valence-electron chi connectivity index (χ0n) is 13.7. The van der Waals surface area contributed by atoms with Gasteiger partial charge in [-0.05, 0) is 12.8 Å². The van der Waals surface area contributed by atoms with Gasteiger partial charge >= 0.3 is 0 Å². The molecule has 1 atom stereocenters. The van der Waals surface area contributed by atoms with Crippen molar-refractivity contribution in [1.82, 2.24) is 24.9 Å². The first kappa shape index (κ1) is 15.2. The summed E-state index contributed by atoms with van der Waals surface area (Å²) in [5, 5.41) is 11.5. The topological polar surface area (TPSA) is 83.2 Å². The van der Waals surface area contributed by atoms with Gasteiger partial charge in [0.2, 0.25) is 5.88 Å². The molecule has 2 aliphatic rings. The molecule has 1 fully saturated rings. The third-order valence-corrected chi connectivity index (χ3v) is 4.61. The summed E-state index contributed by atoms with van der Waals surface area (Å²) in [5.41, 5.74) is 0.876. The molecular weight excluding hydrogens is 310 g/mol. The molecule has 2 aliphatic heterocycles. The fraction of sp³-hybridized carbons (Fsp3) is 0.562. The molecule has 8 nitrogen and oxygen atoms in total. The maximum Gasteiger partial charge on any atom is 0.272 e. The maximum absolute atomic E-state index is 12.5. The van der Waals surface area contributed by atoms with E-state index in [0.29, 0.717) is 31.3 Å². The number of fused-ring (bicyclic) bond motifs is 1. The number of hydrogen-bond donors (Lipinski definition) is 1. The van der Waals surface area contributed by atoms with Crippen molar-refractivity contribution in [2.24, 2.45) is 7.05 Å². The summed E-state index contributed by atoms with van der Waals surface area (Å²) in [6, 6.07) is 1.70. The molecule has 128 valence electrons. The molecule has 0 saturated carbocycles. The Kier molecular flexibility index (Phi) is 3.76. The number of amides is 1. The fourth-order valence-electron chi connectivity index (χ4n) is 3.31. The Bertz CT molecular complexity index is 721. The van der Waals surface area contributed by atoms with Gasteiger partial charge < -0.3 is 14.8 Å². The molecule has 0 aromatic carbocycles. The van der Waals surface area contributed by atoms with E-state index in [1.807, 2.05) is 13.2 Å². The average Bonchev–Trinajstić information content (AvgIpc) is 3.31. The number of nitrogens with zero attached hydrogens (tertiary/aromatic N) is 4. The highest BCUT2D eigenvalue weighted by Crippen LogP contribution is 2.35. The summed E-state index contributed by atoms with van der Waals surface area (Å²) < 4.78 is 15.0. The van der Waals surface area contributed by atoms with Crippen molar-refractivity contribution in [2.45, 2.75) is 31.4 Å². The molecule has 1 saturated heterocycles. The van der Waals surface area contributed by atoms with Gasteiger partial charge in [0.05, 0.1) is 19.3 Å². The number of ether oxygens (including phenoxy) is 2. The van der Waals surface area contributed by atoms with E-state index in [9.17, 15) is 4.79 Å². The summed E-state index contributed by atoms with van der Waals surface area (Å²) in [6.07, 6.45) is 6.49. The Labute approximate surface area is 139 Å². The Balaban J connectivity index is 1.48.